The summed E-state index contributed by atoms with van der Waals surface area (Å²) in [6, 6.07) is 7.58. The quantitative estimate of drug-likeness (QED) is 0.521. The van der Waals surface area contributed by atoms with Crippen LogP contribution in [0.15, 0.2) is 47.1 Å². The van der Waals surface area contributed by atoms with E-state index in [-0.39, 0.29) is 21.2 Å². The van der Waals surface area contributed by atoms with Crippen molar-refractivity contribution < 1.29 is 12.8 Å². The summed E-state index contributed by atoms with van der Waals surface area (Å²) in [7, 11) is -1.95. The van der Waals surface area contributed by atoms with Crippen LogP contribution in [0.3, 0.4) is 0 Å². The summed E-state index contributed by atoms with van der Waals surface area (Å²) in [6.45, 7) is 0. The molecule has 0 radical (unpaired) electrons. The maximum Gasteiger partial charge on any atom is 0.192 e. The van der Waals surface area contributed by atoms with E-state index in [0.29, 0.717) is 20.9 Å². The van der Waals surface area contributed by atoms with Crippen LogP contribution in [0.4, 0.5) is 10.2 Å². The highest BCUT2D eigenvalue weighted by Gasteiger charge is 2.23. The molecular weight excluding hydrogens is 423 g/mol. The number of nitrogens with two attached hydrogens (primary N) is 1. The Hall–Kier alpha value is -2.49. The van der Waals surface area contributed by atoms with Gasteiger partial charge in [-0.2, -0.15) is 0 Å². The molecule has 0 saturated carbocycles. The van der Waals surface area contributed by atoms with Crippen molar-refractivity contribution in [1.82, 2.24) is 14.5 Å². The number of anilines is 1. The van der Waals surface area contributed by atoms with Crippen LogP contribution in [0.25, 0.3) is 22.2 Å². The van der Waals surface area contributed by atoms with Crippen LogP contribution in [0.1, 0.15) is 5.56 Å². The normalized spacial score (nSPS) is 12.0. The minimum atomic E-state index is -3.72. The molecule has 0 unspecified atom stereocenters. The smallest absolute Gasteiger partial charge is 0.192 e. The average Bonchev–Trinajstić information content (AvgIpc) is 3.22. The van der Waals surface area contributed by atoms with E-state index in [2.05, 4.69) is 9.97 Å². The molecule has 10 heteroatoms. The van der Waals surface area contributed by atoms with E-state index in [1.807, 2.05) is 0 Å². The van der Waals surface area contributed by atoms with Crippen LogP contribution in [0.2, 0.25) is 4.34 Å². The molecule has 0 aliphatic heterocycles. The lowest BCUT2D eigenvalue weighted by molar-refractivity contribution is 0.589. The molecule has 0 aliphatic rings. The highest BCUT2D eigenvalue weighted by atomic mass is 35.5. The molecule has 1 aromatic carbocycles. The predicted octanol–water partition coefficient (Wildman–Crippen LogP) is 4.05. The highest BCUT2D eigenvalue weighted by Crippen LogP contribution is 2.35. The maximum atomic E-state index is 15.3. The number of rotatable bonds is 4. The van der Waals surface area contributed by atoms with Crippen molar-refractivity contribution in [3.63, 3.8) is 0 Å². The van der Waals surface area contributed by atoms with Gasteiger partial charge < -0.3 is 10.3 Å². The van der Waals surface area contributed by atoms with Crippen molar-refractivity contribution in [3.05, 3.63) is 58.6 Å². The Bertz CT molecular complexity index is 1310. The Morgan fingerprint density at radius 3 is 2.71 bits per heavy atom. The highest BCUT2D eigenvalue weighted by molar-refractivity contribution is 7.92. The fraction of sp³-hybridized carbons (Fsp3) is 0.111. The Morgan fingerprint density at radius 1 is 1.21 bits per heavy atom. The molecule has 0 atom stereocenters. The van der Waals surface area contributed by atoms with E-state index in [1.165, 1.54) is 24.5 Å². The fourth-order valence-electron chi connectivity index (χ4n) is 3.08. The van der Waals surface area contributed by atoms with Gasteiger partial charge in [-0.05, 0) is 12.1 Å². The second-order valence-electron chi connectivity index (χ2n) is 6.21. The van der Waals surface area contributed by atoms with Crippen molar-refractivity contribution in [1.29, 1.82) is 0 Å². The lowest BCUT2D eigenvalue weighted by Crippen LogP contribution is -2.05. The first-order valence-electron chi connectivity index (χ1n) is 8.09. The van der Waals surface area contributed by atoms with E-state index >= 15 is 4.39 Å². The Balaban J connectivity index is 1.83. The Labute approximate surface area is 169 Å². The molecule has 0 aliphatic carbocycles. The summed E-state index contributed by atoms with van der Waals surface area (Å²) in [5, 5.41) is 0.522. The minimum absolute atomic E-state index is 0.0643. The third-order valence-electron chi connectivity index (χ3n) is 4.35. The van der Waals surface area contributed by atoms with Crippen LogP contribution in [-0.2, 0) is 22.6 Å². The van der Waals surface area contributed by atoms with Crippen molar-refractivity contribution in [3.8, 4) is 11.1 Å². The van der Waals surface area contributed by atoms with Gasteiger partial charge in [0.2, 0.25) is 0 Å². The van der Waals surface area contributed by atoms with Crippen molar-refractivity contribution in [2.24, 2.45) is 7.05 Å². The number of aromatic nitrogens is 3. The molecule has 0 bridgehead atoms. The standard InChI is InChI=1S/C18H14ClFN4O2S2/c1-24-7-12(15-17(21)22-9-23-18(15)24)11-4-2-3-10(16(11)20)8-28(25,26)14-6-5-13(19)27-14/h2-7,9H,8H2,1H3,(H2,21,22,23). The molecule has 3 heterocycles. The lowest BCUT2D eigenvalue weighted by atomic mass is 10.0. The van der Waals surface area contributed by atoms with Crippen LogP contribution < -0.4 is 5.73 Å². The molecule has 144 valence electrons. The second-order valence-corrected chi connectivity index (χ2v) is 10.1. The second kappa shape index (κ2) is 6.84. The van der Waals surface area contributed by atoms with Gasteiger partial charge in [0, 0.05) is 29.9 Å². The number of benzene rings is 1. The molecule has 0 spiro atoms. The molecule has 28 heavy (non-hydrogen) atoms. The van der Waals surface area contributed by atoms with Gasteiger partial charge in [0.1, 0.15) is 27.8 Å². The third-order valence-corrected chi connectivity index (χ3v) is 7.83. The van der Waals surface area contributed by atoms with Crippen LogP contribution in [-0.4, -0.2) is 23.0 Å². The summed E-state index contributed by atoms with van der Waals surface area (Å²) < 4.78 is 42.7. The number of thiophene rings is 1. The zero-order valence-corrected chi connectivity index (χ0v) is 16.9. The predicted molar refractivity (Wildman–Crippen MR) is 109 cm³/mol. The van der Waals surface area contributed by atoms with Crippen LogP contribution in [0.5, 0.6) is 0 Å². The third kappa shape index (κ3) is 3.15. The van der Waals surface area contributed by atoms with Gasteiger partial charge >= 0.3 is 0 Å². The van der Waals surface area contributed by atoms with Gasteiger partial charge in [0.15, 0.2) is 9.84 Å². The van der Waals surface area contributed by atoms with Crippen molar-refractivity contribution >= 4 is 49.6 Å². The fourth-order valence-corrected chi connectivity index (χ4v) is 6.00. The monoisotopic (exact) mass is 436 g/mol. The molecule has 0 fully saturated rings. The molecule has 0 amide bonds. The molecule has 2 N–H and O–H groups in total. The number of hydrogen-bond acceptors (Lipinski definition) is 6. The molecular formula is C18H14ClFN4O2S2. The number of aryl methyl sites for hydroxylation is 1. The van der Waals surface area contributed by atoms with Gasteiger partial charge in [-0.1, -0.05) is 29.8 Å². The van der Waals surface area contributed by atoms with E-state index in [4.69, 9.17) is 17.3 Å². The summed E-state index contributed by atoms with van der Waals surface area (Å²) in [4.78, 5) is 8.17. The summed E-state index contributed by atoms with van der Waals surface area (Å²) in [5.41, 5.74) is 7.36. The molecule has 0 saturated heterocycles. The lowest BCUT2D eigenvalue weighted by Gasteiger charge is -2.08. The van der Waals surface area contributed by atoms with Gasteiger partial charge in [-0.3, -0.25) is 0 Å². The Kier molecular flexibility index (Phi) is 4.60. The average molecular weight is 437 g/mol. The molecule has 4 aromatic rings. The molecule has 4 rings (SSSR count). The SMILES string of the molecule is Cn1cc(-c2cccc(CS(=O)(=O)c3ccc(Cl)s3)c2F)c2c(N)ncnc21. The number of sulfone groups is 1. The van der Waals surface area contributed by atoms with E-state index in [9.17, 15) is 8.42 Å². The number of fused-ring (bicyclic) bond motifs is 1. The largest absolute Gasteiger partial charge is 0.383 e. The first-order valence-corrected chi connectivity index (χ1v) is 10.9. The van der Waals surface area contributed by atoms with Gasteiger partial charge in [0.05, 0.1) is 15.5 Å². The Morgan fingerprint density at radius 2 is 2.00 bits per heavy atom. The minimum Gasteiger partial charge on any atom is -0.383 e. The van der Waals surface area contributed by atoms with Crippen molar-refractivity contribution in [2.75, 3.05) is 5.73 Å². The molecule has 6 nitrogen and oxygen atoms in total. The molecule has 3 aromatic heterocycles. The van der Waals surface area contributed by atoms with E-state index < -0.39 is 21.4 Å². The topological polar surface area (TPSA) is 90.9 Å². The maximum absolute atomic E-state index is 15.3. The summed E-state index contributed by atoms with van der Waals surface area (Å²) in [5.74, 6) is -0.865. The zero-order chi connectivity index (χ0) is 20.1. The number of nitrogens with zero attached hydrogens (tertiary/aromatic N) is 3. The number of hydrogen-bond donors (Lipinski definition) is 1. The number of nitrogen functional groups attached to an aromatic ring is 1. The van der Waals surface area contributed by atoms with Gasteiger partial charge in [0.25, 0.3) is 0 Å². The van der Waals surface area contributed by atoms with E-state index in [1.54, 1.807) is 29.9 Å². The van der Waals surface area contributed by atoms with Crippen LogP contribution in [0, 0.1) is 5.82 Å². The van der Waals surface area contributed by atoms with Crippen LogP contribution >= 0.6 is 22.9 Å². The van der Waals surface area contributed by atoms with Crippen molar-refractivity contribution in [2.45, 2.75) is 9.96 Å². The zero-order valence-electron chi connectivity index (χ0n) is 14.6. The van der Waals surface area contributed by atoms with Gasteiger partial charge in [-0.15, -0.1) is 11.3 Å². The first kappa shape index (κ1) is 18.9. The summed E-state index contributed by atoms with van der Waals surface area (Å²) in [6.07, 6.45) is 3.04. The summed E-state index contributed by atoms with van der Waals surface area (Å²) >= 11 is 6.78. The van der Waals surface area contributed by atoms with E-state index in [0.717, 1.165) is 11.3 Å². The van der Waals surface area contributed by atoms with Gasteiger partial charge in [-0.25, -0.2) is 22.8 Å². The first-order chi connectivity index (χ1) is 13.3. The number of halogens is 2.